The molecular weight excluding hydrogens is 266 g/mol. The first-order valence-corrected chi connectivity index (χ1v) is 7.17. The molecular formula is C16H21N3O2. The lowest BCUT2D eigenvalue weighted by molar-refractivity contribution is -0.143. The van der Waals surface area contributed by atoms with E-state index in [1.54, 1.807) is 6.20 Å². The normalized spacial score (nSPS) is 12.1. The minimum Gasteiger partial charge on any atom is -0.466 e. The standard InChI is InChI=1S/C16H21N3O2/c1-3-21-16(20)11-13(2)17-12-14-7-4-5-8-15(14)19-10-6-9-18-19/h4-10,13,17H,3,11-12H2,1-2H3. The zero-order valence-electron chi connectivity index (χ0n) is 12.5. The highest BCUT2D eigenvalue weighted by molar-refractivity contribution is 5.70. The Morgan fingerprint density at radius 3 is 2.90 bits per heavy atom. The van der Waals surface area contributed by atoms with Crippen molar-refractivity contribution in [3.8, 4) is 5.69 Å². The summed E-state index contributed by atoms with van der Waals surface area (Å²) in [5.74, 6) is -0.169. The highest BCUT2D eigenvalue weighted by Crippen LogP contribution is 2.13. The van der Waals surface area contributed by atoms with Crippen LogP contribution in [-0.2, 0) is 16.1 Å². The van der Waals surface area contributed by atoms with Crippen molar-refractivity contribution >= 4 is 5.97 Å². The number of benzene rings is 1. The van der Waals surface area contributed by atoms with Gasteiger partial charge in [0.2, 0.25) is 0 Å². The molecule has 0 amide bonds. The summed E-state index contributed by atoms with van der Waals surface area (Å²) < 4.78 is 6.79. The molecule has 1 aromatic heterocycles. The Balaban J connectivity index is 1.96. The van der Waals surface area contributed by atoms with E-state index < -0.39 is 0 Å². The van der Waals surface area contributed by atoms with Gasteiger partial charge < -0.3 is 10.1 Å². The Hall–Kier alpha value is -2.14. The van der Waals surface area contributed by atoms with E-state index in [1.165, 1.54) is 0 Å². The summed E-state index contributed by atoms with van der Waals surface area (Å²) in [7, 11) is 0. The fourth-order valence-corrected chi connectivity index (χ4v) is 2.12. The van der Waals surface area contributed by atoms with Crippen molar-refractivity contribution in [2.45, 2.75) is 32.9 Å². The molecule has 2 rings (SSSR count). The number of rotatable bonds is 7. The van der Waals surface area contributed by atoms with E-state index in [4.69, 9.17) is 4.74 Å². The van der Waals surface area contributed by atoms with Gasteiger partial charge in [0.1, 0.15) is 0 Å². The average Bonchev–Trinajstić information content (AvgIpc) is 2.99. The summed E-state index contributed by atoms with van der Waals surface area (Å²) in [6.45, 7) is 4.90. The van der Waals surface area contributed by atoms with E-state index in [9.17, 15) is 4.79 Å². The Morgan fingerprint density at radius 1 is 1.38 bits per heavy atom. The number of ether oxygens (including phenoxy) is 1. The predicted molar refractivity (Wildman–Crippen MR) is 81.1 cm³/mol. The van der Waals surface area contributed by atoms with Gasteiger partial charge in [-0.05, 0) is 31.5 Å². The summed E-state index contributed by atoms with van der Waals surface area (Å²) in [5, 5.41) is 7.61. The van der Waals surface area contributed by atoms with Crippen LogP contribution in [0.2, 0.25) is 0 Å². The number of carbonyl (C=O) groups is 1. The van der Waals surface area contributed by atoms with Crippen LogP contribution < -0.4 is 5.32 Å². The fourth-order valence-electron chi connectivity index (χ4n) is 2.12. The lowest BCUT2D eigenvalue weighted by Crippen LogP contribution is -2.29. The highest BCUT2D eigenvalue weighted by Gasteiger charge is 2.10. The van der Waals surface area contributed by atoms with E-state index in [-0.39, 0.29) is 12.0 Å². The average molecular weight is 287 g/mol. The van der Waals surface area contributed by atoms with Gasteiger partial charge in [-0.1, -0.05) is 18.2 Å². The van der Waals surface area contributed by atoms with Gasteiger partial charge in [-0.15, -0.1) is 0 Å². The zero-order valence-corrected chi connectivity index (χ0v) is 12.5. The second-order valence-corrected chi connectivity index (χ2v) is 4.87. The van der Waals surface area contributed by atoms with Gasteiger partial charge in [-0.2, -0.15) is 5.10 Å². The van der Waals surface area contributed by atoms with Crippen LogP contribution >= 0.6 is 0 Å². The summed E-state index contributed by atoms with van der Waals surface area (Å²) in [4.78, 5) is 11.4. The van der Waals surface area contributed by atoms with Gasteiger partial charge in [0.25, 0.3) is 0 Å². The molecule has 0 spiro atoms. The number of nitrogens with one attached hydrogen (secondary N) is 1. The smallest absolute Gasteiger partial charge is 0.307 e. The molecule has 1 heterocycles. The van der Waals surface area contributed by atoms with Crippen LogP contribution in [0.4, 0.5) is 0 Å². The van der Waals surface area contributed by atoms with E-state index in [0.29, 0.717) is 19.6 Å². The van der Waals surface area contributed by atoms with Gasteiger partial charge in [-0.3, -0.25) is 4.79 Å². The summed E-state index contributed by atoms with van der Waals surface area (Å²) in [6, 6.07) is 10.0. The molecule has 0 aliphatic heterocycles. The third kappa shape index (κ3) is 4.43. The maximum atomic E-state index is 11.4. The largest absolute Gasteiger partial charge is 0.466 e. The molecule has 21 heavy (non-hydrogen) atoms. The SMILES string of the molecule is CCOC(=O)CC(C)NCc1ccccc1-n1cccn1. The molecule has 0 saturated heterocycles. The van der Waals surface area contributed by atoms with E-state index in [1.807, 2.05) is 49.0 Å². The monoisotopic (exact) mass is 287 g/mol. The quantitative estimate of drug-likeness (QED) is 0.794. The number of nitrogens with zero attached hydrogens (tertiary/aromatic N) is 2. The Bertz CT molecular complexity index is 567. The molecule has 1 N–H and O–H groups in total. The third-order valence-corrected chi connectivity index (χ3v) is 3.16. The molecule has 2 aromatic rings. The molecule has 112 valence electrons. The first-order chi connectivity index (χ1) is 10.2. The van der Waals surface area contributed by atoms with Crippen molar-refractivity contribution < 1.29 is 9.53 Å². The number of hydrogen-bond acceptors (Lipinski definition) is 4. The first kappa shape index (κ1) is 15.3. The van der Waals surface area contributed by atoms with Crippen molar-refractivity contribution in [1.82, 2.24) is 15.1 Å². The Kier molecular flexibility index (Phi) is 5.51. The molecule has 5 heteroatoms. The van der Waals surface area contributed by atoms with Crippen LogP contribution in [-0.4, -0.2) is 28.4 Å². The summed E-state index contributed by atoms with van der Waals surface area (Å²) >= 11 is 0. The zero-order chi connectivity index (χ0) is 15.1. The molecule has 0 aliphatic rings. The molecule has 1 aromatic carbocycles. The molecule has 0 saturated carbocycles. The third-order valence-electron chi connectivity index (χ3n) is 3.16. The Labute approximate surface area is 124 Å². The van der Waals surface area contributed by atoms with Gasteiger partial charge in [0.15, 0.2) is 0 Å². The van der Waals surface area contributed by atoms with Crippen LogP contribution in [0, 0.1) is 0 Å². The lowest BCUT2D eigenvalue weighted by atomic mass is 10.1. The van der Waals surface area contributed by atoms with Crippen molar-refractivity contribution in [3.05, 3.63) is 48.3 Å². The number of para-hydroxylation sites is 1. The molecule has 0 fully saturated rings. The van der Waals surface area contributed by atoms with Crippen LogP contribution in [0.3, 0.4) is 0 Å². The molecule has 0 bridgehead atoms. The minimum atomic E-state index is -0.169. The lowest BCUT2D eigenvalue weighted by Gasteiger charge is -2.15. The van der Waals surface area contributed by atoms with E-state index in [0.717, 1.165) is 11.3 Å². The van der Waals surface area contributed by atoms with Gasteiger partial charge in [-0.25, -0.2) is 4.68 Å². The van der Waals surface area contributed by atoms with Crippen LogP contribution in [0.15, 0.2) is 42.7 Å². The number of hydrogen-bond donors (Lipinski definition) is 1. The molecule has 0 radical (unpaired) electrons. The van der Waals surface area contributed by atoms with Crippen molar-refractivity contribution in [2.75, 3.05) is 6.61 Å². The van der Waals surface area contributed by atoms with E-state index >= 15 is 0 Å². The topological polar surface area (TPSA) is 56.1 Å². The Morgan fingerprint density at radius 2 is 2.19 bits per heavy atom. The summed E-state index contributed by atoms with van der Waals surface area (Å²) in [6.07, 6.45) is 4.05. The van der Waals surface area contributed by atoms with Crippen LogP contribution in [0.5, 0.6) is 0 Å². The van der Waals surface area contributed by atoms with Crippen molar-refractivity contribution in [2.24, 2.45) is 0 Å². The molecule has 1 atom stereocenters. The minimum absolute atomic E-state index is 0.0646. The van der Waals surface area contributed by atoms with Gasteiger partial charge >= 0.3 is 5.97 Å². The highest BCUT2D eigenvalue weighted by atomic mass is 16.5. The van der Waals surface area contributed by atoms with Gasteiger partial charge in [0.05, 0.1) is 18.7 Å². The number of aromatic nitrogens is 2. The van der Waals surface area contributed by atoms with Crippen molar-refractivity contribution in [3.63, 3.8) is 0 Å². The van der Waals surface area contributed by atoms with Crippen LogP contribution in [0.1, 0.15) is 25.8 Å². The van der Waals surface area contributed by atoms with E-state index in [2.05, 4.69) is 16.5 Å². The number of esters is 1. The van der Waals surface area contributed by atoms with Crippen molar-refractivity contribution in [1.29, 1.82) is 0 Å². The number of carbonyl (C=O) groups excluding carboxylic acids is 1. The second-order valence-electron chi connectivity index (χ2n) is 4.87. The van der Waals surface area contributed by atoms with Gasteiger partial charge in [0, 0.05) is 25.0 Å². The molecule has 0 aliphatic carbocycles. The second kappa shape index (κ2) is 7.59. The molecule has 1 unspecified atom stereocenters. The predicted octanol–water partition coefficient (Wildman–Crippen LogP) is 2.30. The molecule has 5 nitrogen and oxygen atoms in total. The maximum absolute atomic E-state index is 11.4. The van der Waals surface area contributed by atoms with Crippen LogP contribution in [0.25, 0.3) is 5.69 Å². The maximum Gasteiger partial charge on any atom is 0.307 e. The summed E-state index contributed by atoms with van der Waals surface area (Å²) in [5.41, 5.74) is 2.18. The fraction of sp³-hybridized carbons (Fsp3) is 0.375. The first-order valence-electron chi connectivity index (χ1n) is 7.17.